The molecule has 176 valence electrons. The number of aryl methyl sites for hydroxylation is 1. The zero-order valence-corrected chi connectivity index (χ0v) is 19.5. The monoisotopic (exact) mass is 455 g/mol. The molecular weight excluding hydrogens is 426 g/mol. The lowest BCUT2D eigenvalue weighted by Crippen LogP contribution is -2.32. The van der Waals surface area contributed by atoms with Crippen molar-refractivity contribution < 1.29 is 33.6 Å². The topological polar surface area (TPSA) is 94.5 Å². The lowest BCUT2D eigenvalue weighted by Gasteiger charge is -2.26. The normalized spacial score (nSPS) is 17.4. The van der Waals surface area contributed by atoms with Crippen LogP contribution in [-0.4, -0.2) is 62.8 Å². The van der Waals surface area contributed by atoms with E-state index < -0.39 is 17.7 Å². The molecule has 0 spiro atoms. The summed E-state index contributed by atoms with van der Waals surface area (Å²) in [5.41, 5.74) is 1.77. The minimum Gasteiger partial charge on any atom is -0.507 e. The van der Waals surface area contributed by atoms with Crippen LogP contribution >= 0.6 is 0 Å². The fraction of sp³-hybridized carbons (Fsp3) is 0.360. The number of aliphatic hydroxyl groups excluding tert-OH is 1. The SMILES string of the molecule is CCOc1ccc([C@H]2/C(=C(\O)c3ccc(OC)cc3C)C(=O)C(=O)N2CCOC)cc1OC. The van der Waals surface area contributed by atoms with Crippen LogP contribution in [0.3, 0.4) is 0 Å². The summed E-state index contributed by atoms with van der Waals surface area (Å²) in [7, 11) is 4.59. The number of rotatable bonds is 9. The van der Waals surface area contributed by atoms with Crippen LogP contribution < -0.4 is 14.2 Å². The highest BCUT2D eigenvalue weighted by Gasteiger charge is 2.46. The van der Waals surface area contributed by atoms with Crippen molar-refractivity contribution >= 4 is 17.4 Å². The number of hydrogen-bond donors (Lipinski definition) is 1. The minimum atomic E-state index is -0.814. The largest absolute Gasteiger partial charge is 0.507 e. The molecule has 1 aliphatic heterocycles. The average molecular weight is 456 g/mol. The van der Waals surface area contributed by atoms with Gasteiger partial charge in [-0.05, 0) is 55.3 Å². The molecule has 33 heavy (non-hydrogen) atoms. The van der Waals surface area contributed by atoms with E-state index in [0.717, 1.165) is 0 Å². The van der Waals surface area contributed by atoms with Gasteiger partial charge < -0.3 is 29.0 Å². The molecule has 1 fully saturated rings. The Bertz CT molecular complexity index is 1080. The second-order valence-electron chi connectivity index (χ2n) is 7.51. The number of ketones is 1. The van der Waals surface area contributed by atoms with E-state index in [2.05, 4.69) is 0 Å². The summed E-state index contributed by atoms with van der Waals surface area (Å²) in [4.78, 5) is 27.5. The lowest BCUT2D eigenvalue weighted by atomic mass is 9.93. The van der Waals surface area contributed by atoms with Crippen LogP contribution in [0.4, 0.5) is 0 Å². The van der Waals surface area contributed by atoms with Crippen molar-refractivity contribution in [1.29, 1.82) is 0 Å². The zero-order chi connectivity index (χ0) is 24.1. The number of nitrogens with zero attached hydrogens (tertiary/aromatic N) is 1. The van der Waals surface area contributed by atoms with Crippen LogP contribution in [-0.2, 0) is 14.3 Å². The third-order valence-corrected chi connectivity index (χ3v) is 5.57. The van der Waals surface area contributed by atoms with Crippen molar-refractivity contribution in [2.45, 2.75) is 19.9 Å². The van der Waals surface area contributed by atoms with Gasteiger partial charge in [-0.2, -0.15) is 0 Å². The van der Waals surface area contributed by atoms with Gasteiger partial charge in [0.05, 0.1) is 39.0 Å². The molecule has 2 aromatic carbocycles. The Balaban J connectivity index is 2.20. The van der Waals surface area contributed by atoms with Crippen LogP contribution in [0.15, 0.2) is 42.0 Å². The maximum Gasteiger partial charge on any atom is 0.295 e. The van der Waals surface area contributed by atoms with Gasteiger partial charge >= 0.3 is 0 Å². The van der Waals surface area contributed by atoms with E-state index in [1.54, 1.807) is 50.4 Å². The fourth-order valence-electron chi connectivity index (χ4n) is 3.95. The van der Waals surface area contributed by atoms with Crippen LogP contribution in [0.25, 0.3) is 5.76 Å². The number of benzene rings is 2. The van der Waals surface area contributed by atoms with Gasteiger partial charge in [-0.25, -0.2) is 0 Å². The fourth-order valence-corrected chi connectivity index (χ4v) is 3.95. The molecule has 2 aromatic rings. The van der Waals surface area contributed by atoms with Crippen LogP contribution in [0.1, 0.15) is 29.7 Å². The Morgan fingerprint density at radius 3 is 2.39 bits per heavy atom. The lowest BCUT2D eigenvalue weighted by molar-refractivity contribution is -0.140. The van der Waals surface area contributed by atoms with Crippen molar-refractivity contribution in [2.75, 3.05) is 41.1 Å². The van der Waals surface area contributed by atoms with Gasteiger partial charge in [0.1, 0.15) is 11.5 Å². The third-order valence-electron chi connectivity index (χ3n) is 5.57. The molecule has 1 atom stereocenters. The summed E-state index contributed by atoms with van der Waals surface area (Å²) in [5, 5.41) is 11.2. The first kappa shape index (κ1) is 24.1. The van der Waals surface area contributed by atoms with Crippen molar-refractivity contribution in [2.24, 2.45) is 0 Å². The van der Waals surface area contributed by atoms with E-state index in [4.69, 9.17) is 18.9 Å². The smallest absolute Gasteiger partial charge is 0.295 e. The quantitative estimate of drug-likeness (QED) is 0.351. The molecule has 0 unspecified atom stereocenters. The van der Waals surface area contributed by atoms with E-state index in [0.29, 0.717) is 40.5 Å². The molecule has 0 radical (unpaired) electrons. The van der Waals surface area contributed by atoms with Crippen molar-refractivity contribution in [1.82, 2.24) is 4.90 Å². The molecule has 0 aliphatic carbocycles. The molecule has 1 aliphatic rings. The molecule has 8 nitrogen and oxygen atoms in total. The van der Waals surface area contributed by atoms with E-state index in [9.17, 15) is 14.7 Å². The molecule has 0 bridgehead atoms. The number of Topliss-reactive ketones (excluding diaryl/α,β-unsaturated/α-hetero) is 1. The number of carbonyl (C=O) groups excluding carboxylic acids is 2. The van der Waals surface area contributed by atoms with E-state index in [1.807, 2.05) is 6.92 Å². The summed E-state index contributed by atoms with van der Waals surface area (Å²) in [6.07, 6.45) is 0. The Morgan fingerprint density at radius 2 is 1.79 bits per heavy atom. The maximum atomic E-state index is 13.1. The Labute approximate surface area is 193 Å². The number of hydrogen-bond acceptors (Lipinski definition) is 7. The first-order valence-corrected chi connectivity index (χ1v) is 10.6. The summed E-state index contributed by atoms with van der Waals surface area (Å²) >= 11 is 0. The van der Waals surface area contributed by atoms with Crippen molar-refractivity contribution in [3.63, 3.8) is 0 Å². The molecule has 0 aromatic heterocycles. The second kappa shape index (κ2) is 10.4. The number of likely N-dealkylation sites (tertiary alicyclic amines) is 1. The van der Waals surface area contributed by atoms with Gasteiger partial charge in [-0.15, -0.1) is 0 Å². The average Bonchev–Trinajstić information content (AvgIpc) is 3.07. The number of carbonyl (C=O) groups is 2. The first-order chi connectivity index (χ1) is 15.9. The van der Waals surface area contributed by atoms with Crippen molar-refractivity contribution in [3.8, 4) is 17.2 Å². The molecule has 0 saturated carbocycles. The summed E-state index contributed by atoms with van der Waals surface area (Å²) in [6, 6.07) is 9.51. The number of aliphatic hydroxyl groups is 1. The number of methoxy groups -OCH3 is 3. The number of amides is 1. The predicted molar refractivity (Wildman–Crippen MR) is 123 cm³/mol. The van der Waals surface area contributed by atoms with Gasteiger partial charge in [-0.1, -0.05) is 6.07 Å². The van der Waals surface area contributed by atoms with Gasteiger partial charge in [-0.3, -0.25) is 9.59 Å². The minimum absolute atomic E-state index is 0.00980. The Morgan fingerprint density at radius 1 is 1.03 bits per heavy atom. The van der Waals surface area contributed by atoms with Crippen LogP contribution in [0.5, 0.6) is 17.2 Å². The molecule has 3 rings (SSSR count). The van der Waals surface area contributed by atoms with Crippen molar-refractivity contribution in [3.05, 3.63) is 58.7 Å². The van der Waals surface area contributed by atoms with E-state index >= 15 is 0 Å². The van der Waals surface area contributed by atoms with E-state index in [1.165, 1.54) is 19.1 Å². The van der Waals surface area contributed by atoms with Crippen LogP contribution in [0, 0.1) is 6.92 Å². The molecule has 8 heteroatoms. The van der Waals surface area contributed by atoms with Gasteiger partial charge in [0.25, 0.3) is 11.7 Å². The van der Waals surface area contributed by atoms with Gasteiger partial charge in [0.2, 0.25) is 0 Å². The highest BCUT2D eigenvalue weighted by Crippen LogP contribution is 2.42. The standard InChI is InChI=1S/C25H29NO7/c1-6-33-19-10-7-16(14-20(19)32-5)22-21(24(28)25(29)26(22)11-12-30-3)23(27)18-9-8-17(31-4)13-15(18)2/h7-10,13-14,22,27H,6,11-12H2,1-5H3/b23-21+/t22-/m0/s1. The predicted octanol–water partition coefficient (Wildman–Crippen LogP) is 3.48. The van der Waals surface area contributed by atoms with E-state index in [-0.39, 0.29) is 24.5 Å². The third kappa shape index (κ3) is 4.66. The summed E-state index contributed by atoms with van der Waals surface area (Å²) in [5.74, 6) is -0.0612. The Hall–Kier alpha value is -3.52. The summed E-state index contributed by atoms with van der Waals surface area (Å²) in [6.45, 7) is 4.54. The second-order valence-corrected chi connectivity index (χ2v) is 7.51. The molecule has 1 heterocycles. The highest BCUT2D eigenvalue weighted by atomic mass is 16.5. The van der Waals surface area contributed by atoms with Gasteiger partial charge in [0.15, 0.2) is 11.5 Å². The summed E-state index contributed by atoms with van der Waals surface area (Å²) < 4.78 is 21.4. The maximum absolute atomic E-state index is 13.1. The zero-order valence-electron chi connectivity index (χ0n) is 19.5. The first-order valence-electron chi connectivity index (χ1n) is 10.6. The molecule has 1 saturated heterocycles. The Kier molecular flexibility index (Phi) is 7.60. The van der Waals surface area contributed by atoms with Crippen LogP contribution in [0.2, 0.25) is 0 Å². The molecule has 1 amide bonds. The number of ether oxygens (including phenoxy) is 4. The highest BCUT2D eigenvalue weighted by molar-refractivity contribution is 6.46. The molecular formula is C25H29NO7. The van der Waals surface area contributed by atoms with Gasteiger partial charge in [0, 0.05) is 19.2 Å². The molecule has 1 N–H and O–H groups in total.